The van der Waals surface area contributed by atoms with Crippen molar-refractivity contribution in [2.45, 2.75) is 25.2 Å². The lowest BCUT2D eigenvalue weighted by Crippen LogP contribution is -2.17. The highest BCUT2D eigenvalue weighted by Crippen LogP contribution is 2.45. The smallest absolute Gasteiger partial charge is 0.497 e. The van der Waals surface area contributed by atoms with E-state index in [4.69, 9.17) is 18.9 Å². The maximum atomic E-state index is 12.4. The van der Waals surface area contributed by atoms with Gasteiger partial charge in [0.2, 0.25) is 0 Å². The van der Waals surface area contributed by atoms with E-state index in [2.05, 4.69) is 4.74 Å². The van der Waals surface area contributed by atoms with E-state index >= 15 is 0 Å². The summed E-state index contributed by atoms with van der Waals surface area (Å²) in [6.45, 7) is 0.113. The number of aliphatic hydroxyl groups is 1. The normalized spacial score (nSPS) is 15.7. The van der Waals surface area contributed by atoms with E-state index in [0.717, 1.165) is 0 Å². The van der Waals surface area contributed by atoms with Crippen molar-refractivity contribution in [3.8, 4) is 23.0 Å². The third kappa shape index (κ3) is 5.43. The zero-order valence-electron chi connectivity index (χ0n) is 18.7. The molecule has 1 aliphatic heterocycles. The molecule has 35 heavy (non-hydrogen) atoms. The number of cyclic esters (lactones) is 1. The van der Waals surface area contributed by atoms with Gasteiger partial charge in [0, 0.05) is 11.6 Å². The van der Waals surface area contributed by atoms with Gasteiger partial charge in [0.15, 0.2) is 6.10 Å². The Morgan fingerprint density at radius 3 is 2.20 bits per heavy atom. The van der Waals surface area contributed by atoms with Crippen LogP contribution in [-0.2, 0) is 11.3 Å². The summed E-state index contributed by atoms with van der Waals surface area (Å²) >= 11 is 0. The number of benzene rings is 3. The summed E-state index contributed by atoms with van der Waals surface area (Å²) in [5.41, 5.74) is 1.82. The van der Waals surface area contributed by atoms with Gasteiger partial charge in [0.25, 0.3) is 0 Å². The lowest BCUT2D eigenvalue weighted by Gasteiger charge is -2.19. The average Bonchev–Trinajstić information content (AvgIpc) is 3.18. The Kier molecular flexibility index (Phi) is 6.74. The molecular weight excluding hydrogens is 469 g/mol. The Bertz CT molecular complexity index is 1190. The minimum Gasteiger partial charge on any atom is -0.497 e. The van der Waals surface area contributed by atoms with E-state index < -0.39 is 24.5 Å². The number of esters is 1. The number of fused-ring (bicyclic) bond motifs is 1. The molecule has 0 fully saturated rings. The molecular formula is C25H21F3O7. The van der Waals surface area contributed by atoms with E-state index in [1.807, 2.05) is 0 Å². The number of halogens is 3. The summed E-state index contributed by atoms with van der Waals surface area (Å²) in [4.78, 5) is 12.4. The molecule has 3 aromatic carbocycles. The molecule has 0 radical (unpaired) electrons. The first-order valence-corrected chi connectivity index (χ1v) is 10.4. The lowest BCUT2D eigenvalue weighted by atomic mass is 9.96. The minimum atomic E-state index is -4.75. The van der Waals surface area contributed by atoms with Crippen LogP contribution in [-0.4, -0.2) is 31.7 Å². The fraction of sp³-hybridized carbons (Fsp3) is 0.240. The van der Waals surface area contributed by atoms with Gasteiger partial charge >= 0.3 is 12.3 Å². The Morgan fingerprint density at radius 1 is 0.943 bits per heavy atom. The molecule has 4 rings (SSSR count). The van der Waals surface area contributed by atoms with E-state index in [1.165, 1.54) is 38.5 Å². The fourth-order valence-corrected chi connectivity index (χ4v) is 3.69. The zero-order valence-corrected chi connectivity index (χ0v) is 18.7. The first-order valence-electron chi connectivity index (χ1n) is 10.4. The summed E-state index contributed by atoms with van der Waals surface area (Å²) in [5.74, 6) is 0.307. The van der Waals surface area contributed by atoms with Gasteiger partial charge in [-0.2, -0.15) is 0 Å². The van der Waals surface area contributed by atoms with Crippen LogP contribution in [0.15, 0.2) is 60.7 Å². The van der Waals surface area contributed by atoms with E-state index in [1.54, 1.807) is 36.4 Å². The van der Waals surface area contributed by atoms with Gasteiger partial charge in [0.05, 0.1) is 14.2 Å². The number of aliphatic hydroxyl groups excluding tert-OH is 1. The SMILES string of the molecule is COc1cc(OC)c2c(c1)C(C(O)c1ccc(OCc3ccc(OC(F)(F)F)cc3)cc1)OC2=O. The maximum absolute atomic E-state index is 12.4. The summed E-state index contributed by atoms with van der Waals surface area (Å²) < 4.78 is 62.2. The van der Waals surface area contributed by atoms with Crippen LogP contribution < -0.4 is 18.9 Å². The van der Waals surface area contributed by atoms with Gasteiger partial charge < -0.3 is 28.8 Å². The summed E-state index contributed by atoms with van der Waals surface area (Å²) in [6.07, 6.45) is -6.86. The standard InChI is InChI=1S/C25H21F3O7/c1-31-18-11-19-21(20(12-18)32-2)24(30)34-23(19)22(29)15-5-9-16(10-6-15)33-13-14-3-7-17(8-4-14)35-25(26,27)28/h3-12,22-23,29H,13H2,1-2H3. The second-order valence-electron chi connectivity index (χ2n) is 7.61. The third-order valence-corrected chi connectivity index (χ3v) is 5.38. The number of carbonyl (C=O) groups is 1. The molecule has 1 N–H and O–H groups in total. The van der Waals surface area contributed by atoms with Gasteiger partial charge in [-0.05, 0) is 41.5 Å². The molecule has 184 valence electrons. The van der Waals surface area contributed by atoms with Crippen molar-refractivity contribution in [2.75, 3.05) is 14.2 Å². The van der Waals surface area contributed by atoms with Gasteiger partial charge in [-0.1, -0.05) is 24.3 Å². The number of hydrogen-bond donors (Lipinski definition) is 1. The van der Waals surface area contributed by atoms with Crippen LogP contribution in [0.2, 0.25) is 0 Å². The molecule has 3 aromatic rings. The first-order chi connectivity index (χ1) is 16.7. The van der Waals surface area contributed by atoms with E-state index in [9.17, 15) is 23.1 Å². The fourth-order valence-electron chi connectivity index (χ4n) is 3.69. The van der Waals surface area contributed by atoms with Crippen LogP contribution in [0.1, 0.15) is 39.3 Å². The lowest BCUT2D eigenvalue weighted by molar-refractivity contribution is -0.274. The Balaban J connectivity index is 1.43. The predicted molar refractivity (Wildman–Crippen MR) is 117 cm³/mol. The molecule has 7 nitrogen and oxygen atoms in total. The number of ether oxygens (including phenoxy) is 5. The van der Waals surface area contributed by atoms with Crippen molar-refractivity contribution in [1.29, 1.82) is 0 Å². The summed E-state index contributed by atoms with van der Waals surface area (Å²) in [6, 6.07) is 15.0. The number of alkyl halides is 3. The van der Waals surface area contributed by atoms with Crippen molar-refractivity contribution in [3.05, 3.63) is 82.9 Å². The summed E-state index contributed by atoms with van der Waals surface area (Å²) in [5, 5.41) is 10.9. The molecule has 0 aromatic heterocycles. The van der Waals surface area contributed by atoms with Crippen LogP contribution in [0.4, 0.5) is 13.2 Å². The first kappa shape index (κ1) is 24.2. The number of carbonyl (C=O) groups excluding carboxylic acids is 1. The molecule has 0 spiro atoms. The quantitative estimate of drug-likeness (QED) is 0.439. The van der Waals surface area contributed by atoms with Crippen molar-refractivity contribution in [1.82, 2.24) is 0 Å². The maximum Gasteiger partial charge on any atom is 0.573 e. The molecule has 0 amide bonds. The highest BCUT2D eigenvalue weighted by atomic mass is 19.4. The topological polar surface area (TPSA) is 83.5 Å². The Hall–Kier alpha value is -3.92. The molecule has 2 unspecified atom stereocenters. The highest BCUT2D eigenvalue weighted by molar-refractivity contribution is 5.97. The average molecular weight is 490 g/mol. The van der Waals surface area contributed by atoms with Crippen molar-refractivity contribution >= 4 is 5.97 Å². The molecule has 1 heterocycles. The van der Waals surface area contributed by atoms with Crippen LogP contribution in [0.5, 0.6) is 23.0 Å². The van der Waals surface area contributed by atoms with Crippen LogP contribution in [0, 0.1) is 0 Å². The molecule has 0 aliphatic carbocycles. The highest BCUT2D eigenvalue weighted by Gasteiger charge is 2.39. The minimum absolute atomic E-state index is 0.113. The zero-order chi connectivity index (χ0) is 25.2. The van der Waals surface area contributed by atoms with Gasteiger partial charge in [-0.25, -0.2) is 4.79 Å². The number of rotatable bonds is 8. The van der Waals surface area contributed by atoms with Crippen molar-refractivity contribution < 1.29 is 46.8 Å². The second-order valence-corrected chi connectivity index (χ2v) is 7.61. The van der Waals surface area contributed by atoms with Gasteiger partial charge in [-0.3, -0.25) is 0 Å². The van der Waals surface area contributed by atoms with Crippen LogP contribution in [0.3, 0.4) is 0 Å². The Morgan fingerprint density at radius 2 is 1.60 bits per heavy atom. The molecule has 1 aliphatic rings. The van der Waals surface area contributed by atoms with Gasteiger partial charge in [0.1, 0.15) is 41.3 Å². The third-order valence-electron chi connectivity index (χ3n) is 5.38. The number of methoxy groups -OCH3 is 2. The van der Waals surface area contributed by atoms with E-state index in [-0.39, 0.29) is 17.9 Å². The summed E-state index contributed by atoms with van der Waals surface area (Å²) in [7, 11) is 2.91. The van der Waals surface area contributed by atoms with Gasteiger partial charge in [-0.15, -0.1) is 13.2 Å². The van der Waals surface area contributed by atoms with Crippen molar-refractivity contribution in [3.63, 3.8) is 0 Å². The predicted octanol–water partition coefficient (Wildman–Crippen LogP) is 5.13. The molecule has 10 heteroatoms. The Labute approximate surface area is 198 Å². The molecule has 0 bridgehead atoms. The van der Waals surface area contributed by atoms with Crippen molar-refractivity contribution in [2.24, 2.45) is 0 Å². The second kappa shape index (κ2) is 9.75. The van der Waals surface area contributed by atoms with E-state index in [0.29, 0.717) is 33.9 Å². The molecule has 2 atom stereocenters. The largest absolute Gasteiger partial charge is 0.573 e. The monoisotopic (exact) mass is 490 g/mol. The van der Waals surface area contributed by atoms with Crippen LogP contribution in [0.25, 0.3) is 0 Å². The van der Waals surface area contributed by atoms with Crippen LogP contribution >= 0.6 is 0 Å². The number of hydrogen-bond acceptors (Lipinski definition) is 7. The molecule has 0 saturated carbocycles. The molecule has 0 saturated heterocycles.